The summed E-state index contributed by atoms with van der Waals surface area (Å²) in [6.45, 7) is 0. The number of anilines is 3. The molecule has 4 aromatic rings. The SMILES string of the molecule is O=C(Nc1ccc(Cl)c(Nc2ncnc3[nH]ncc23)c1)c1cccc(C(F)(F)F)c1. The summed E-state index contributed by atoms with van der Waals surface area (Å²) >= 11 is 6.23. The summed E-state index contributed by atoms with van der Waals surface area (Å²) in [5, 5.41) is 13.2. The van der Waals surface area contributed by atoms with Crippen LogP contribution in [0.15, 0.2) is 55.0 Å². The molecule has 3 N–H and O–H groups in total. The third-order valence-electron chi connectivity index (χ3n) is 4.18. The number of rotatable bonds is 4. The molecule has 0 spiro atoms. The van der Waals surface area contributed by atoms with Crippen molar-refractivity contribution in [3.63, 3.8) is 0 Å². The molecule has 2 aromatic heterocycles. The van der Waals surface area contributed by atoms with E-state index in [2.05, 4.69) is 30.8 Å². The van der Waals surface area contributed by atoms with E-state index in [1.165, 1.54) is 24.5 Å². The number of amides is 1. The number of aromatic amines is 1. The summed E-state index contributed by atoms with van der Waals surface area (Å²) in [6, 6.07) is 8.79. The number of nitrogens with zero attached hydrogens (tertiary/aromatic N) is 3. The molecule has 1 amide bonds. The molecule has 0 radical (unpaired) electrons. The number of halogens is 4. The number of hydrogen-bond acceptors (Lipinski definition) is 5. The Morgan fingerprint density at radius 1 is 1.10 bits per heavy atom. The summed E-state index contributed by atoms with van der Waals surface area (Å²) in [5.41, 5.74) is 0.269. The lowest BCUT2D eigenvalue weighted by Crippen LogP contribution is -2.14. The van der Waals surface area contributed by atoms with Crippen molar-refractivity contribution in [3.05, 3.63) is 71.1 Å². The van der Waals surface area contributed by atoms with E-state index < -0.39 is 17.6 Å². The Morgan fingerprint density at radius 2 is 1.93 bits per heavy atom. The highest BCUT2D eigenvalue weighted by Gasteiger charge is 2.30. The molecule has 2 aromatic carbocycles. The average Bonchev–Trinajstić information content (AvgIpc) is 3.20. The summed E-state index contributed by atoms with van der Waals surface area (Å²) in [7, 11) is 0. The molecule has 0 aliphatic heterocycles. The van der Waals surface area contributed by atoms with Crippen LogP contribution >= 0.6 is 11.6 Å². The van der Waals surface area contributed by atoms with Crippen LogP contribution < -0.4 is 10.6 Å². The van der Waals surface area contributed by atoms with Crippen LogP contribution in [0.3, 0.4) is 0 Å². The van der Waals surface area contributed by atoms with E-state index in [0.29, 0.717) is 33.2 Å². The van der Waals surface area contributed by atoms with Gasteiger partial charge in [-0.15, -0.1) is 0 Å². The van der Waals surface area contributed by atoms with Crippen molar-refractivity contribution >= 4 is 45.7 Å². The van der Waals surface area contributed by atoms with Crippen LogP contribution in [0.5, 0.6) is 0 Å². The van der Waals surface area contributed by atoms with Gasteiger partial charge < -0.3 is 10.6 Å². The molecular formula is C19H12ClF3N6O. The molecule has 0 saturated carbocycles. The van der Waals surface area contributed by atoms with Crippen LogP contribution in [0.4, 0.5) is 30.4 Å². The number of carbonyl (C=O) groups excluding carboxylic acids is 1. The Labute approximate surface area is 172 Å². The van der Waals surface area contributed by atoms with Gasteiger partial charge in [-0.05, 0) is 36.4 Å². The first-order chi connectivity index (χ1) is 14.3. The van der Waals surface area contributed by atoms with E-state index in [4.69, 9.17) is 11.6 Å². The Kier molecular flexibility index (Phi) is 5.00. The fourth-order valence-corrected chi connectivity index (χ4v) is 2.90. The van der Waals surface area contributed by atoms with Gasteiger partial charge >= 0.3 is 6.18 Å². The summed E-state index contributed by atoms with van der Waals surface area (Å²) in [5.74, 6) is -0.245. The Morgan fingerprint density at radius 3 is 2.73 bits per heavy atom. The number of aromatic nitrogens is 4. The second-order valence-corrected chi connectivity index (χ2v) is 6.61. The van der Waals surface area contributed by atoms with Crippen molar-refractivity contribution in [2.24, 2.45) is 0 Å². The zero-order valence-electron chi connectivity index (χ0n) is 15.0. The van der Waals surface area contributed by atoms with E-state index in [9.17, 15) is 18.0 Å². The maximum Gasteiger partial charge on any atom is 0.416 e. The molecule has 2 heterocycles. The molecule has 30 heavy (non-hydrogen) atoms. The number of benzene rings is 2. The molecule has 11 heteroatoms. The second-order valence-electron chi connectivity index (χ2n) is 6.21. The predicted molar refractivity (Wildman–Crippen MR) is 106 cm³/mol. The number of hydrogen-bond donors (Lipinski definition) is 3. The molecule has 0 saturated heterocycles. The number of fused-ring (bicyclic) bond motifs is 1. The maximum atomic E-state index is 12.9. The van der Waals surface area contributed by atoms with Crippen LogP contribution in [0.25, 0.3) is 11.0 Å². The second kappa shape index (κ2) is 7.64. The fraction of sp³-hybridized carbons (Fsp3) is 0.0526. The minimum Gasteiger partial charge on any atom is -0.338 e. The van der Waals surface area contributed by atoms with Gasteiger partial charge in [-0.1, -0.05) is 17.7 Å². The third kappa shape index (κ3) is 4.03. The first-order valence-corrected chi connectivity index (χ1v) is 8.88. The van der Waals surface area contributed by atoms with Crippen molar-refractivity contribution < 1.29 is 18.0 Å². The molecule has 0 aliphatic rings. The van der Waals surface area contributed by atoms with Gasteiger partial charge in [-0.3, -0.25) is 9.89 Å². The van der Waals surface area contributed by atoms with Gasteiger partial charge in [0.1, 0.15) is 12.1 Å². The zero-order chi connectivity index (χ0) is 21.3. The molecule has 0 atom stereocenters. The summed E-state index contributed by atoms with van der Waals surface area (Å²) in [6.07, 6.45) is -1.65. The van der Waals surface area contributed by atoms with E-state index in [1.807, 2.05) is 0 Å². The molecule has 0 aliphatic carbocycles. The Balaban J connectivity index is 1.58. The van der Waals surface area contributed by atoms with Crippen LogP contribution in [0.2, 0.25) is 5.02 Å². The lowest BCUT2D eigenvalue weighted by atomic mass is 10.1. The quantitative estimate of drug-likeness (QED) is 0.421. The third-order valence-corrected chi connectivity index (χ3v) is 4.51. The lowest BCUT2D eigenvalue weighted by molar-refractivity contribution is -0.137. The minimum atomic E-state index is -4.54. The number of H-pyrrole nitrogens is 1. The van der Waals surface area contributed by atoms with Gasteiger partial charge in [-0.2, -0.15) is 18.3 Å². The molecule has 0 unspecified atom stereocenters. The van der Waals surface area contributed by atoms with Crippen molar-refractivity contribution in [2.75, 3.05) is 10.6 Å². The highest BCUT2D eigenvalue weighted by atomic mass is 35.5. The van der Waals surface area contributed by atoms with E-state index in [0.717, 1.165) is 12.1 Å². The van der Waals surface area contributed by atoms with E-state index in [1.54, 1.807) is 18.3 Å². The van der Waals surface area contributed by atoms with Crippen molar-refractivity contribution in [1.29, 1.82) is 0 Å². The first kappa shape index (κ1) is 19.6. The largest absolute Gasteiger partial charge is 0.416 e. The van der Waals surface area contributed by atoms with Crippen LogP contribution in [-0.2, 0) is 6.18 Å². The molecular weight excluding hydrogens is 421 g/mol. The molecule has 152 valence electrons. The number of alkyl halides is 3. The lowest BCUT2D eigenvalue weighted by Gasteiger charge is -2.12. The highest BCUT2D eigenvalue weighted by Crippen LogP contribution is 2.31. The van der Waals surface area contributed by atoms with E-state index >= 15 is 0 Å². The van der Waals surface area contributed by atoms with Gasteiger partial charge in [0, 0.05) is 11.3 Å². The first-order valence-electron chi connectivity index (χ1n) is 8.50. The van der Waals surface area contributed by atoms with Crippen LogP contribution in [-0.4, -0.2) is 26.1 Å². The fourth-order valence-electron chi connectivity index (χ4n) is 2.73. The highest BCUT2D eigenvalue weighted by molar-refractivity contribution is 6.33. The summed E-state index contributed by atoms with van der Waals surface area (Å²) in [4.78, 5) is 20.6. The normalized spacial score (nSPS) is 11.5. The topological polar surface area (TPSA) is 95.6 Å². The van der Waals surface area contributed by atoms with Gasteiger partial charge in [-0.25, -0.2) is 9.97 Å². The maximum absolute atomic E-state index is 12.9. The van der Waals surface area contributed by atoms with Crippen molar-refractivity contribution in [1.82, 2.24) is 20.2 Å². The molecule has 4 rings (SSSR count). The molecule has 0 bridgehead atoms. The van der Waals surface area contributed by atoms with Gasteiger partial charge in [0.05, 0.1) is 27.9 Å². The van der Waals surface area contributed by atoms with Crippen molar-refractivity contribution in [2.45, 2.75) is 6.18 Å². The number of carbonyl (C=O) groups is 1. The molecule has 0 fully saturated rings. The standard InChI is InChI=1S/C19H12ClF3N6O/c20-14-5-4-12(27-18(30)10-2-1-3-11(6-10)19(21,22)23)7-15(14)28-16-13-8-26-29-17(13)25-9-24-16/h1-9H,(H,27,30)(H2,24,25,26,28,29). The van der Waals surface area contributed by atoms with Crippen LogP contribution in [0.1, 0.15) is 15.9 Å². The predicted octanol–water partition coefficient (Wildman–Crippen LogP) is 5.02. The average molecular weight is 433 g/mol. The molecule has 7 nitrogen and oxygen atoms in total. The summed E-state index contributed by atoms with van der Waals surface area (Å²) < 4.78 is 38.6. The van der Waals surface area contributed by atoms with E-state index in [-0.39, 0.29) is 5.56 Å². The Hall–Kier alpha value is -3.66. The van der Waals surface area contributed by atoms with Crippen molar-refractivity contribution in [3.8, 4) is 0 Å². The smallest absolute Gasteiger partial charge is 0.338 e. The van der Waals surface area contributed by atoms with Crippen LogP contribution in [0, 0.1) is 0 Å². The van der Waals surface area contributed by atoms with Gasteiger partial charge in [0.25, 0.3) is 5.91 Å². The monoisotopic (exact) mass is 432 g/mol. The van der Waals surface area contributed by atoms with Gasteiger partial charge in [0.2, 0.25) is 0 Å². The van der Waals surface area contributed by atoms with Gasteiger partial charge in [0.15, 0.2) is 5.65 Å². The Bertz CT molecular complexity index is 1240. The zero-order valence-corrected chi connectivity index (χ0v) is 15.7. The minimum absolute atomic E-state index is 0.120. The number of nitrogens with one attached hydrogen (secondary N) is 3.